The first-order chi connectivity index (χ1) is 17.1. The van der Waals surface area contributed by atoms with Gasteiger partial charge in [0.1, 0.15) is 5.75 Å². The Morgan fingerprint density at radius 3 is 1.57 bits per heavy atom. The van der Waals surface area contributed by atoms with Gasteiger partial charge in [0, 0.05) is 25.2 Å². The van der Waals surface area contributed by atoms with Crippen molar-refractivity contribution >= 4 is 24.0 Å². The Labute approximate surface area is 210 Å². The van der Waals surface area contributed by atoms with Crippen LogP contribution in [0.5, 0.6) is 5.75 Å². The minimum atomic E-state index is -0.100. The summed E-state index contributed by atoms with van der Waals surface area (Å²) in [7, 11) is 0. The van der Waals surface area contributed by atoms with E-state index in [0.717, 1.165) is 43.4 Å². The Hall–Kier alpha value is -3.34. The number of phenols is 1. The second-order valence-electron chi connectivity index (χ2n) is 8.79. The lowest BCUT2D eigenvalue weighted by Crippen LogP contribution is -2.21. The lowest BCUT2D eigenvalue weighted by molar-refractivity contribution is -0.117. The van der Waals surface area contributed by atoms with E-state index in [1.807, 2.05) is 42.5 Å². The molecule has 0 atom stereocenters. The van der Waals surface area contributed by atoms with E-state index in [1.54, 1.807) is 30.4 Å². The number of amides is 2. The van der Waals surface area contributed by atoms with Gasteiger partial charge in [0.05, 0.1) is 0 Å². The zero-order chi connectivity index (χ0) is 25.0. The van der Waals surface area contributed by atoms with Crippen LogP contribution >= 0.6 is 0 Å². The summed E-state index contributed by atoms with van der Waals surface area (Å²) in [5, 5.41) is 15.3. The van der Waals surface area contributed by atoms with Crippen LogP contribution in [0.3, 0.4) is 0 Å². The monoisotopic (exact) mass is 476 g/mol. The van der Waals surface area contributed by atoms with Crippen molar-refractivity contribution in [1.29, 1.82) is 0 Å². The molecule has 35 heavy (non-hydrogen) atoms. The third kappa shape index (κ3) is 14.5. The van der Waals surface area contributed by atoms with Crippen LogP contribution in [0.4, 0.5) is 0 Å². The molecule has 0 heterocycles. The predicted molar refractivity (Wildman–Crippen MR) is 145 cm³/mol. The maximum atomic E-state index is 11.8. The molecule has 0 aliphatic heterocycles. The second-order valence-corrected chi connectivity index (χ2v) is 8.79. The molecule has 0 fully saturated rings. The Morgan fingerprint density at radius 2 is 1.06 bits per heavy atom. The standard InChI is InChI=1S/C30H40N2O3/c33-28-18-14-17-27(25-28)20-22-30(35)32-24-13-8-6-4-2-1-3-5-7-12-23-31-29(34)21-19-26-15-10-9-11-16-26/h9-11,14-22,25,33H,1-8,12-13,23-24H2,(H,31,34)(H,32,35)/b21-19?,22-20+. The fraction of sp³-hybridized carbons (Fsp3) is 0.400. The quantitative estimate of drug-likeness (QED) is 0.186. The first-order valence-electron chi connectivity index (χ1n) is 12.9. The molecule has 188 valence electrons. The predicted octanol–water partition coefficient (Wildman–Crippen LogP) is 6.25. The highest BCUT2D eigenvalue weighted by molar-refractivity contribution is 5.92. The summed E-state index contributed by atoms with van der Waals surface area (Å²) in [6, 6.07) is 16.7. The van der Waals surface area contributed by atoms with Crippen LogP contribution in [0, 0.1) is 0 Å². The van der Waals surface area contributed by atoms with Gasteiger partial charge in [-0.05, 0) is 48.3 Å². The molecule has 0 bridgehead atoms. The van der Waals surface area contributed by atoms with Crippen molar-refractivity contribution in [2.24, 2.45) is 0 Å². The number of carbonyl (C=O) groups excluding carboxylic acids is 2. The molecule has 0 saturated carbocycles. The van der Waals surface area contributed by atoms with E-state index in [1.165, 1.54) is 44.6 Å². The van der Waals surface area contributed by atoms with Crippen LogP contribution in [0.25, 0.3) is 12.2 Å². The van der Waals surface area contributed by atoms with E-state index >= 15 is 0 Å². The summed E-state index contributed by atoms with van der Waals surface area (Å²) >= 11 is 0. The molecule has 0 saturated heterocycles. The Balaban J connectivity index is 1.33. The minimum absolute atomic E-state index is 0.0294. The summed E-state index contributed by atoms with van der Waals surface area (Å²) in [4.78, 5) is 23.6. The molecule has 0 spiro atoms. The minimum Gasteiger partial charge on any atom is -0.508 e. The Morgan fingerprint density at radius 1 is 0.600 bits per heavy atom. The maximum Gasteiger partial charge on any atom is 0.243 e. The van der Waals surface area contributed by atoms with Gasteiger partial charge in [-0.25, -0.2) is 0 Å². The Kier molecular flexibility index (Phi) is 14.4. The molecule has 5 heteroatoms. The molecule has 2 amide bonds. The van der Waals surface area contributed by atoms with Crippen molar-refractivity contribution in [1.82, 2.24) is 10.6 Å². The van der Waals surface area contributed by atoms with Crippen molar-refractivity contribution in [2.75, 3.05) is 13.1 Å². The first-order valence-corrected chi connectivity index (χ1v) is 12.9. The van der Waals surface area contributed by atoms with Crippen LogP contribution in [-0.2, 0) is 9.59 Å². The normalized spacial score (nSPS) is 11.2. The zero-order valence-electron chi connectivity index (χ0n) is 20.8. The molecule has 0 aromatic heterocycles. The van der Waals surface area contributed by atoms with Gasteiger partial charge in [0.15, 0.2) is 0 Å². The van der Waals surface area contributed by atoms with Crippen LogP contribution in [0.1, 0.15) is 75.3 Å². The van der Waals surface area contributed by atoms with Gasteiger partial charge >= 0.3 is 0 Å². The van der Waals surface area contributed by atoms with Crippen LogP contribution < -0.4 is 10.6 Å². The van der Waals surface area contributed by atoms with Crippen molar-refractivity contribution in [3.63, 3.8) is 0 Å². The largest absolute Gasteiger partial charge is 0.508 e. The number of carbonyl (C=O) groups is 2. The summed E-state index contributed by atoms with van der Waals surface area (Å²) in [5.74, 6) is 0.0657. The third-order valence-electron chi connectivity index (χ3n) is 5.73. The number of aromatic hydroxyl groups is 1. The smallest absolute Gasteiger partial charge is 0.243 e. The molecule has 3 N–H and O–H groups in total. The average Bonchev–Trinajstić information content (AvgIpc) is 2.87. The molecular formula is C30H40N2O3. The third-order valence-corrected chi connectivity index (χ3v) is 5.73. The fourth-order valence-corrected chi connectivity index (χ4v) is 3.74. The number of unbranched alkanes of at least 4 members (excludes halogenated alkanes) is 9. The first kappa shape index (κ1) is 27.9. The van der Waals surface area contributed by atoms with Gasteiger partial charge in [0.2, 0.25) is 11.8 Å². The number of nitrogens with one attached hydrogen (secondary N) is 2. The highest BCUT2D eigenvalue weighted by Gasteiger charge is 1.98. The van der Waals surface area contributed by atoms with Crippen molar-refractivity contribution in [3.05, 3.63) is 77.9 Å². The van der Waals surface area contributed by atoms with Gasteiger partial charge in [0.25, 0.3) is 0 Å². The van der Waals surface area contributed by atoms with Crippen LogP contribution in [0.2, 0.25) is 0 Å². The van der Waals surface area contributed by atoms with Gasteiger partial charge in [-0.15, -0.1) is 0 Å². The van der Waals surface area contributed by atoms with E-state index in [0.29, 0.717) is 6.54 Å². The topological polar surface area (TPSA) is 78.4 Å². The molecule has 0 unspecified atom stereocenters. The van der Waals surface area contributed by atoms with Gasteiger partial charge in [-0.1, -0.05) is 93.8 Å². The van der Waals surface area contributed by atoms with E-state index < -0.39 is 0 Å². The Bertz CT molecular complexity index is 922. The lowest BCUT2D eigenvalue weighted by atomic mass is 10.1. The molecule has 5 nitrogen and oxygen atoms in total. The summed E-state index contributed by atoms with van der Waals surface area (Å²) in [6.45, 7) is 1.43. The molecular weight excluding hydrogens is 436 g/mol. The van der Waals surface area contributed by atoms with Gasteiger partial charge in [-0.3, -0.25) is 9.59 Å². The molecule has 0 radical (unpaired) electrons. The van der Waals surface area contributed by atoms with Crippen molar-refractivity contribution in [2.45, 2.75) is 64.2 Å². The highest BCUT2D eigenvalue weighted by Crippen LogP contribution is 2.12. The number of hydrogen-bond donors (Lipinski definition) is 3. The maximum absolute atomic E-state index is 11.8. The zero-order valence-corrected chi connectivity index (χ0v) is 20.8. The van der Waals surface area contributed by atoms with E-state index in [-0.39, 0.29) is 17.6 Å². The summed E-state index contributed by atoms with van der Waals surface area (Å²) in [6.07, 6.45) is 18.4. The second kappa shape index (κ2) is 18.0. The van der Waals surface area contributed by atoms with E-state index in [9.17, 15) is 14.7 Å². The molecule has 0 aliphatic rings. The number of benzene rings is 2. The van der Waals surface area contributed by atoms with E-state index in [2.05, 4.69) is 10.6 Å². The molecule has 2 aromatic rings. The number of hydrogen-bond acceptors (Lipinski definition) is 3. The van der Waals surface area contributed by atoms with Gasteiger partial charge < -0.3 is 15.7 Å². The number of phenolic OH excluding ortho intramolecular Hbond substituents is 1. The molecule has 2 rings (SSSR count). The fourth-order valence-electron chi connectivity index (χ4n) is 3.74. The summed E-state index contributed by atoms with van der Waals surface area (Å²) < 4.78 is 0. The summed E-state index contributed by atoms with van der Waals surface area (Å²) in [5.41, 5.74) is 1.84. The average molecular weight is 477 g/mol. The van der Waals surface area contributed by atoms with E-state index in [4.69, 9.17) is 0 Å². The molecule has 2 aromatic carbocycles. The number of rotatable bonds is 17. The molecule has 0 aliphatic carbocycles. The lowest BCUT2D eigenvalue weighted by Gasteiger charge is -2.04. The van der Waals surface area contributed by atoms with Crippen molar-refractivity contribution in [3.8, 4) is 5.75 Å². The van der Waals surface area contributed by atoms with Crippen LogP contribution in [-0.4, -0.2) is 30.0 Å². The SMILES string of the molecule is O=C(C=Cc1ccccc1)NCCCCCCCCCCCCNC(=O)/C=C/c1cccc(O)c1. The highest BCUT2D eigenvalue weighted by atomic mass is 16.3. The van der Waals surface area contributed by atoms with Crippen LogP contribution in [0.15, 0.2) is 66.7 Å². The van der Waals surface area contributed by atoms with Crippen molar-refractivity contribution < 1.29 is 14.7 Å². The van der Waals surface area contributed by atoms with Gasteiger partial charge in [-0.2, -0.15) is 0 Å².